The number of ether oxygens (including phenoxy) is 1. The van der Waals surface area contributed by atoms with Crippen LogP contribution >= 0.6 is 46.1 Å². The lowest BCUT2D eigenvalue weighted by Gasteiger charge is -2.11. The molecule has 5 nitrogen and oxygen atoms in total. The summed E-state index contributed by atoms with van der Waals surface area (Å²) in [5.41, 5.74) is 1.43. The molecule has 0 saturated carbocycles. The molecule has 0 radical (unpaired) electrons. The molecule has 0 spiro atoms. The summed E-state index contributed by atoms with van der Waals surface area (Å²) in [5, 5.41) is 19.8. The number of halogens is 4. The van der Waals surface area contributed by atoms with Crippen molar-refractivity contribution in [3.05, 3.63) is 79.2 Å². The summed E-state index contributed by atoms with van der Waals surface area (Å²) in [5.74, 6) is -0.215. The van der Waals surface area contributed by atoms with E-state index < -0.39 is 5.82 Å². The zero-order chi connectivity index (χ0) is 22.1. The number of nitrogens with zero attached hydrogens (tertiary/aromatic N) is 3. The van der Waals surface area contributed by atoms with E-state index in [1.54, 1.807) is 0 Å². The van der Waals surface area contributed by atoms with Crippen molar-refractivity contribution in [2.24, 2.45) is 0 Å². The van der Waals surface area contributed by atoms with Gasteiger partial charge in [-0.25, -0.2) is 4.39 Å². The standard InChI is InChI=1S/C21H11Cl3FN3O2S/c1-10-9-31-20(17(10)24)21-28-27-16(30-21)6-12-2-3-15(23)19(18(12)25)29-14-5-11(8-26)4-13(22)7-14/h2-5,7,9H,6H2,1H3. The molecule has 2 aromatic heterocycles. The summed E-state index contributed by atoms with van der Waals surface area (Å²) in [6.45, 7) is 1.88. The second-order valence-electron chi connectivity index (χ2n) is 6.48. The van der Waals surface area contributed by atoms with Gasteiger partial charge in [-0.3, -0.25) is 0 Å². The smallest absolute Gasteiger partial charge is 0.259 e. The molecule has 0 atom stereocenters. The van der Waals surface area contributed by atoms with Crippen LogP contribution in [-0.2, 0) is 6.42 Å². The number of hydrogen-bond acceptors (Lipinski definition) is 6. The maximum absolute atomic E-state index is 15.2. The molecule has 4 rings (SSSR count). The summed E-state index contributed by atoms with van der Waals surface area (Å²) >= 11 is 19.8. The predicted octanol–water partition coefficient (Wildman–Crippen LogP) is 7.46. The molecule has 0 amide bonds. The Morgan fingerprint density at radius 2 is 2.00 bits per heavy atom. The van der Waals surface area contributed by atoms with Gasteiger partial charge in [-0.15, -0.1) is 21.5 Å². The van der Waals surface area contributed by atoms with Crippen molar-refractivity contribution < 1.29 is 13.5 Å². The molecular formula is C21H11Cl3FN3O2S. The molecule has 31 heavy (non-hydrogen) atoms. The Bertz CT molecular complexity index is 1330. The van der Waals surface area contributed by atoms with Crippen molar-refractivity contribution in [1.82, 2.24) is 10.2 Å². The van der Waals surface area contributed by atoms with E-state index >= 15 is 4.39 Å². The van der Waals surface area contributed by atoms with Gasteiger partial charge in [-0.05, 0) is 42.1 Å². The lowest BCUT2D eigenvalue weighted by molar-refractivity contribution is 0.437. The van der Waals surface area contributed by atoms with Gasteiger partial charge in [0.05, 0.1) is 28.1 Å². The monoisotopic (exact) mass is 493 g/mol. The topological polar surface area (TPSA) is 71.9 Å². The van der Waals surface area contributed by atoms with Crippen LogP contribution in [0.3, 0.4) is 0 Å². The number of nitriles is 1. The van der Waals surface area contributed by atoms with Crippen molar-refractivity contribution >= 4 is 46.1 Å². The van der Waals surface area contributed by atoms with Gasteiger partial charge in [0, 0.05) is 10.6 Å². The highest BCUT2D eigenvalue weighted by Crippen LogP contribution is 2.37. The molecule has 0 aliphatic carbocycles. The minimum Gasteiger partial charge on any atom is -0.453 e. The molecular weight excluding hydrogens is 484 g/mol. The van der Waals surface area contributed by atoms with E-state index in [0.717, 1.165) is 5.56 Å². The van der Waals surface area contributed by atoms with Crippen molar-refractivity contribution in [2.45, 2.75) is 13.3 Å². The zero-order valence-corrected chi connectivity index (χ0v) is 18.8. The third-order valence-electron chi connectivity index (χ3n) is 4.25. The van der Waals surface area contributed by atoms with Crippen LogP contribution < -0.4 is 4.74 Å². The third-order valence-corrected chi connectivity index (χ3v) is 6.45. The zero-order valence-electron chi connectivity index (χ0n) is 15.7. The Hall–Kier alpha value is -2.63. The lowest BCUT2D eigenvalue weighted by Crippen LogP contribution is -1.98. The summed E-state index contributed by atoms with van der Waals surface area (Å²) in [6.07, 6.45) is 0.0212. The van der Waals surface area contributed by atoms with Gasteiger partial charge < -0.3 is 9.15 Å². The van der Waals surface area contributed by atoms with E-state index in [1.807, 2.05) is 18.4 Å². The van der Waals surface area contributed by atoms with Crippen LogP contribution in [0.1, 0.15) is 22.6 Å². The fourth-order valence-electron chi connectivity index (χ4n) is 2.76. The molecule has 0 aliphatic heterocycles. The normalized spacial score (nSPS) is 10.8. The second kappa shape index (κ2) is 8.85. The molecule has 0 fully saturated rings. The largest absolute Gasteiger partial charge is 0.453 e. The molecule has 2 aromatic carbocycles. The van der Waals surface area contributed by atoms with Crippen LogP contribution in [0.2, 0.25) is 15.1 Å². The number of benzene rings is 2. The van der Waals surface area contributed by atoms with Crippen molar-refractivity contribution in [3.8, 4) is 28.3 Å². The summed E-state index contributed by atoms with van der Waals surface area (Å²) in [4.78, 5) is 0.660. The fourth-order valence-corrected chi connectivity index (χ4v) is 4.36. The maximum atomic E-state index is 15.2. The SMILES string of the molecule is Cc1csc(-c2nnc(Cc3ccc(Cl)c(Oc4cc(Cl)cc(C#N)c4)c3F)o2)c1Cl. The Morgan fingerprint density at radius 1 is 1.19 bits per heavy atom. The quantitative estimate of drug-likeness (QED) is 0.288. The first-order valence-corrected chi connectivity index (χ1v) is 10.8. The van der Waals surface area contributed by atoms with Crippen LogP contribution in [0.25, 0.3) is 10.8 Å². The first-order chi connectivity index (χ1) is 14.9. The van der Waals surface area contributed by atoms with E-state index in [9.17, 15) is 0 Å². The number of aryl methyl sites for hydroxylation is 1. The second-order valence-corrected chi connectivity index (χ2v) is 8.58. The van der Waals surface area contributed by atoms with Gasteiger partial charge >= 0.3 is 0 Å². The van der Waals surface area contributed by atoms with Gasteiger partial charge in [0.25, 0.3) is 5.89 Å². The molecule has 0 aliphatic rings. The minimum absolute atomic E-state index is 0.0212. The average molecular weight is 495 g/mol. The fraction of sp³-hybridized carbons (Fsp3) is 0.0952. The minimum atomic E-state index is -0.685. The van der Waals surface area contributed by atoms with E-state index in [4.69, 9.17) is 49.2 Å². The molecule has 0 saturated heterocycles. The van der Waals surface area contributed by atoms with E-state index in [0.29, 0.717) is 9.90 Å². The first-order valence-electron chi connectivity index (χ1n) is 8.77. The average Bonchev–Trinajstić information content (AvgIpc) is 3.33. The van der Waals surface area contributed by atoms with Gasteiger partial charge in [-0.1, -0.05) is 40.9 Å². The number of hydrogen-bond donors (Lipinski definition) is 0. The lowest BCUT2D eigenvalue weighted by atomic mass is 10.1. The summed E-state index contributed by atoms with van der Waals surface area (Å²) in [7, 11) is 0. The first kappa shape index (κ1) is 21.6. The Labute approximate surface area is 195 Å². The Morgan fingerprint density at radius 3 is 2.71 bits per heavy atom. The van der Waals surface area contributed by atoms with Gasteiger partial charge in [0.15, 0.2) is 11.6 Å². The number of thiophene rings is 1. The highest BCUT2D eigenvalue weighted by Gasteiger charge is 2.20. The maximum Gasteiger partial charge on any atom is 0.259 e. The molecule has 0 bridgehead atoms. The van der Waals surface area contributed by atoms with Crippen molar-refractivity contribution in [1.29, 1.82) is 5.26 Å². The van der Waals surface area contributed by atoms with E-state index in [2.05, 4.69) is 10.2 Å². The number of aromatic nitrogens is 2. The molecule has 4 aromatic rings. The van der Waals surface area contributed by atoms with Crippen molar-refractivity contribution in [3.63, 3.8) is 0 Å². The number of rotatable bonds is 5. The van der Waals surface area contributed by atoms with Gasteiger partial charge in [-0.2, -0.15) is 5.26 Å². The van der Waals surface area contributed by atoms with Crippen LogP contribution in [-0.4, -0.2) is 10.2 Å². The van der Waals surface area contributed by atoms with Crippen LogP contribution in [0.4, 0.5) is 4.39 Å². The highest BCUT2D eigenvalue weighted by molar-refractivity contribution is 7.14. The predicted molar refractivity (Wildman–Crippen MR) is 118 cm³/mol. The van der Waals surface area contributed by atoms with E-state index in [1.165, 1.54) is 41.7 Å². The highest BCUT2D eigenvalue weighted by atomic mass is 35.5. The van der Waals surface area contributed by atoms with Gasteiger partial charge in [0.1, 0.15) is 10.6 Å². The van der Waals surface area contributed by atoms with Crippen LogP contribution in [0.5, 0.6) is 11.5 Å². The van der Waals surface area contributed by atoms with Gasteiger partial charge in [0.2, 0.25) is 5.89 Å². The summed E-state index contributed by atoms with van der Waals surface area (Å²) in [6, 6.07) is 9.34. The Kier molecular flexibility index (Phi) is 6.17. The molecule has 156 valence electrons. The van der Waals surface area contributed by atoms with E-state index in [-0.39, 0.29) is 50.9 Å². The molecule has 0 N–H and O–H groups in total. The summed E-state index contributed by atoms with van der Waals surface area (Å²) < 4.78 is 26.4. The molecule has 10 heteroatoms. The molecule has 0 unspecified atom stereocenters. The third kappa shape index (κ3) is 4.53. The molecule has 2 heterocycles. The van der Waals surface area contributed by atoms with Crippen LogP contribution in [0, 0.1) is 24.1 Å². The Balaban J connectivity index is 1.62. The van der Waals surface area contributed by atoms with Crippen molar-refractivity contribution in [2.75, 3.05) is 0 Å². The van der Waals surface area contributed by atoms with Crippen LogP contribution in [0.15, 0.2) is 40.1 Å².